The summed E-state index contributed by atoms with van der Waals surface area (Å²) in [5, 5.41) is 6.38. The number of benzene rings is 2. The molecule has 0 atom stereocenters. The first-order chi connectivity index (χ1) is 13.3. The van der Waals surface area contributed by atoms with Crippen LogP contribution in [0.1, 0.15) is 27.9 Å². The second kappa shape index (κ2) is 6.92. The molecule has 0 radical (unpaired) electrons. The molecule has 0 bridgehead atoms. The summed E-state index contributed by atoms with van der Waals surface area (Å²) in [4.78, 5) is 17.9. The van der Waals surface area contributed by atoms with Crippen molar-refractivity contribution < 1.29 is 13.2 Å². The number of primary sulfonamides is 1. The summed E-state index contributed by atoms with van der Waals surface area (Å²) < 4.78 is 23.2. The Bertz CT molecular complexity index is 1210. The molecular formula is C21H21N3O3S. The van der Waals surface area contributed by atoms with Gasteiger partial charge >= 0.3 is 0 Å². The van der Waals surface area contributed by atoms with E-state index in [1.54, 1.807) is 17.9 Å². The fourth-order valence-corrected chi connectivity index (χ4v) is 4.15. The summed E-state index contributed by atoms with van der Waals surface area (Å²) in [7, 11) is -3.85. The molecule has 1 amide bonds. The number of hydrogen-bond acceptors (Lipinski definition) is 3. The molecule has 4 rings (SSSR count). The molecule has 28 heavy (non-hydrogen) atoms. The van der Waals surface area contributed by atoms with Gasteiger partial charge in [0.05, 0.1) is 4.90 Å². The van der Waals surface area contributed by atoms with E-state index in [0.717, 1.165) is 23.1 Å². The van der Waals surface area contributed by atoms with Crippen LogP contribution in [0.5, 0.6) is 0 Å². The van der Waals surface area contributed by atoms with Gasteiger partial charge in [-0.05, 0) is 42.7 Å². The predicted octanol–water partition coefficient (Wildman–Crippen LogP) is 3.05. The number of rotatable bonds is 3. The number of hydrogen-bond donors (Lipinski definition) is 2. The minimum atomic E-state index is -3.85. The molecule has 0 aliphatic carbocycles. The number of nitrogens with two attached hydrogens (primary N) is 1. The number of aromatic nitrogens is 1. The number of nitrogens with one attached hydrogen (secondary N) is 1. The van der Waals surface area contributed by atoms with Crippen molar-refractivity contribution in [2.24, 2.45) is 5.14 Å². The van der Waals surface area contributed by atoms with E-state index in [1.807, 2.05) is 24.4 Å². The number of H-pyrrole nitrogens is 1. The molecule has 2 aromatic carbocycles. The van der Waals surface area contributed by atoms with Gasteiger partial charge in [-0.15, -0.1) is 0 Å². The third kappa shape index (κ3) is 3.34. The van der Waals surface area contributed by atoms with Gasteiger partial charge in [0, 0.05) is 41.3 Å². The van der Waals surface area contributed by atoms with E-state index in [-0.39, 0.29) is 10.8 Å². The number of carbonyl (C=O) groups excluding carboxylic acids is 1. The number of aromatic amines is 1. The average Bonchev–Trinajstić information content (AvgIpc) is 3.11. The normalized spacial score (nSPS) is 14.9. The van der Waals surface area contributed by atoms with Crippen LogP contribution in [-0.4, -0.2) is 37.3 Å². The van der Waals surface area contributed by atoms with Crippen molar-refractivity contribution in [3.63, 3.8) is 0 Å². The van der Waals surface area contributed by atoms with E-state index in [4.69, 9.17) is 5.14 Å². The average molecular weight is 395 g/mol. The quantitative estimate of drug-likeness (QED) is 0.713. The van der Waals surface area contributed by atoms with Crippen LogP contribution in [0.2, 0.25) is 0 Å². The van der Waals surface area contributed by atoms with Gasteiger partial charge in [-0.2, -0.15) is 0 Å². The van der Waals surface area contributed by atoms with E-state index in [0.29, 0.717) is 18.7 Å². The smallest absolute Gasteiger partial charge is 0.254 e. The van der Waals surface area contributed by atoms with E-state index in [2.05, 4.69) is 17.1 Å². The maximum atomic E-state index is 13.0. The lowest BCUT2D eigenvalue weighted by atomic mass is 9.98. The Morgan fingerprint density at radius 2 is 1.96 bits per heavy atom. The molecular weight excluding hydrogens is 374 g/mol. The molecule has 1 aromatic heterocycles. The molecule has 3 aromatic rings. The maximum Gasteiger partial charge on any atom is 0.254 e. The summed E-state index contributed by atoms with van der Waals surface area (Å²) in [6.07, 6.45) is 4.81. The van der Waals surface area contributed by atoms with E-state index in [9.17, 15) is 13.2 Å². The Hall–Kier alpha value is -2.90. The minimum absolute atomic E-state index is 0.0477. The van der Waals surface area contributed by atoms with Crippen LogP contribution in [-0.2, 0) is 10.0 Å². The van der Waals surface area contributed by atoms with Crippen molar-refractivity contribution in [1.29, 1.82) is 0 Å². The summed E-state index contributed by atoms with van der Waals surface area (Å²) in [6, 6.07) is 12.5. The third-order valence-electron chi connectivity index (χ3n) is 5.20. The zero-order valence-electron chi connectivity index (χ0n) is 15.5. The molecule has 0 unspecified atom stereocenters. The number of amides is 1. The largest absolute Gasteiger partial charge is 0.361 e. The number of aryl methyl sites for hydroxylation is 1. The molecule has 144 valence electrons. The number of para-hydroxylation sites is 1. The highest BCUT2D eigenvalue weighted by molar-refractivity contribution is 7.89. The Morgan fingerprint density at radius 1 is 1.18 bits per heavy atom. The van der Waals surface area contributed by atoms with Crippen molar-refractivity contribution >= 4 is 32.4 Å². The van der Waals surface area contributed by atoms with Gasteiger partial charge in [0.25, 0.3) is 5.91 Å². The van der Waals surface area contributed by atoms with Crippen molar-refractivity contribution in [2.45, 2.75) is 18.2 Å². The van der Waals surface area contributed by atoms with Crippen molar-refractivity contribution in [2.75, 3.05) is 13.1 Å². The van der Waals surface area contributed by atoms with Crippen LogP contribution in [0.25, 0.3) is 16.5 Å². The zero-order chi connectivity index (χ0) is 19.9. The van der Waals surface area contributed by atoms with Gasteiger partial charge in [0.2, 0.25) is 10.0 Å². The molecule has 6 nitrogen and oxygen atoms in total. The fraction of sp³-hybridized carbons (Fsp3) is 0.190. The molecule has 3 N–H and O–H groups in total. The van der Waals surface area contributed by atoms with Crippen LogP contribution in [0.3, 0.4) is 0 Å². The SMILES string of the molecule is Cc1ccc(S(N)(=O)=O)cc1C(=O)N1CC=C(c2c[nH]c3ccccc23)CC1. The first-order valence-electron chi connectivity index (χ1n) is 9.03. The van der Waals surface area contributed by atoms with Crippen LogP contribution >= 0.6 is 0 Å². The molecule has 2 heterocycles. The highest BCUT2D eigenvalue weighted by Crippen LogP contribution is 2.29. The van der Waals surface area contributed by atoms with Crippen LogP contribution in [0.4, 0.5) is 0 Å². The molecule has 0 fully saturated rings. The van der Waals surface area contributed by atoms with Gasteiger partial charge in [0.15, 0.2) is 0 Å². The lowest BCUT2D eigenvalue weighted by molar-refractivity contribution is 0.0772. The standard InChI is InChI=1S/C21H21N3O3S/c1-14-6-7-16(28(22,26)27)12-18(14)21(25)24-10-8-15(9-11-24)19-13-23-20-5-3-2-4-17(19)20/h2-8,12-13,23H,9-11H2,1H3,(H2,22,26,27). The first kappa shape index (κ1) is 18.5. The van der Waals surface area contributed by atoms with E-state index < -0.39 is 10.0 Å². The van der Waals surface area contributed by atoms with E-state index in [1.165, 1.54) is 23.1 Å². The summed E-state index contributed by atoms with van der Waals surface area (Å²) in [6.45, 7) is 2.84. The van der Waals surface area contributed by atoms with Gasteiger partial charge in [0.1, 0.15) is 0 Å². The first-order valence-corrected chi connectivity index (χ1v) is 10.6. The van der Waals surface area contributed by atoms with Gasteiger partial charge in [-0.25, -0.2) is 13.6 Å². The molecule has 1 aliphatic rings. The van der Waals surface area contributed by atoms with Crippen molar-refractivity contribution in [3.05, 3.63) is 71.4 Å². The number of fused-ring (bicyclic) bond motifs is 1. The zero-order valence-corrected chi connectivity index (χ0v) is 16.3. The highest BCUT2D eigenvalue weighted by atomic mass is 32.2. The Labute approximate surface area is 163 Å². The summed E-state index contributed by atoms with van der Waals surface area (Å²) >= 11 is 0. The van der Waals surface area contributed by atoms with Crippen LogP contribution in [0, 0.1) is 6.92 Å². The van der Waals surface area contributed by atoms with Gasteiger partial charge in [-0.1, -0.05) is 30.3 Å². The number of sulfonamides is 1. The summed E-state index contributed by atoms with van der Waals surface area (Å²) in [5.74, 6) is -0.183. The third-order valence-corrected chi connectivity index (χ3v) is 6.11. The molecule has 0 saturated heterocycles. The number of carbonyl (C=O) groups is 1. The molecule has 0 spiro atoms. The lowest BCUT2D eigenvalue weighted by Gasteiger charge is -2.27. The number of nitrogens with zero attached hydrogens (tertiary/aromatic N) is 1. The predicted molar refractivity (Wildman–Crippen MR) is 109 cm³/mol. The van der Waals surface area contributed by atoms with Crippen LogP contribution < -0.4 is 5.14 Å². The van der Waals surface area contributed by atoms with Crippen molar-refractivity contribution in [1.82, 2.24) is 9.88 Å². The molecule has 7 heteroatoms. The Balaban J connectivity index is 1.59. The highest BCUT2D eigenvalue weighted by Gasteiger charge is 2.23. The maximum absolute atomic E-state index is 13.0. The van der Waals surface area contributed by atoms with Crippen LogP contribution in [0.15, 0.2) is 59.6 Å². The second-order valence-electron chi connectivity index (χ2n) is 7.00. The molecule has 0 saturated carbocycles. The fourth-order valence-electron chi connectivity index (χ4n) is 3.61. The summed E-state index contributed by atoms with van der Waals surface area (Å²) in [5.41, 5.74) is 4.55. The van der Waals surface area contributed by atoms with Gasteiger partial charge in [-0.3, -0.25) is 4.79 Å². The van der Waals surface area contributed by atoms with E-state index >= 15 is 0 Å². The Kier molecular flexibility index (Phi) is 4.56. The topological polar surface area (TPSA) is 96.3 Å². The second-order valence-corrected chi connectivity index (χ2v) is 8.56. The minimum Gasteiger partial charge on any atom is -0.361 e. The van der Waals surface area contributed by atoms with Crippen molar-refractivity contribution in [3.8, 4) is 0 Å². The monoisotopic (exact) mass is 395 g/mol. The Morgan fingerprint density at radius 3 is 2.68 bits per heavy atom. The van der Waals surface area contributed by atoms with Gasteiger partial charge < -0.3 is 9.88 Å². The lowest BCUT2D eigenvalue weighted by Crippen LogP contribution is -2.35. The molecule has 1 aliphatic heterocycles.